The van der Waals surface area contributed by atoms with Crippen molar-refractivity contribution in [1.82, 2.24) is 9.78 Å². The molecule has 4 nitrogen and oxygen atoms in total. The number of hydrogen-bond donors (Lipinski definition) is 0. The molecule has 1 aromatic carbocycles. The number of benzene rings is 1. The number of hydrogen-bond acceptors (Lipinski definition) is 3. The molecule has 0 radical (unpaired) electrons. The molecule has 0 aliphatic heterocycles. The average Bonchev–Trinajstić information content (AvgIpc) is 2.47. The van der Waals surface area contributed by atoms with Crippen molar-refractivity contribution >= 4 is 15.9 Å². The minimum Gasteiger partial charge on any atom is -0.480 e. The third-order valence-corrected chi connectivity index (χ3v) is 3.68. The van der Waals surface area contributed by atoms with Crippen LogP contribution in [-0.2, 0) is 6.54 Å². The van der Waals surface area contributed by atoms with Gasteiger partial charge in [-0.2, -0.15) is 0 Å². The maximum Gasteiger partial charge on any atom is 0.266 e. The van der Waals surface area contributed by atoms with Gasteiger partial charge in [0.15, 0.2) is 0 Å². The lowest BCUT2D eigenvalue weighted by Crippen LogP contribution is -2.25. The van der Waals surface area contributed by atoms with Crippen LogP contribution in [0.2, 0.25) is 0 Å². The van der Waals surface area contributed by atoms with E-state index in [1.54, 1.807) is 6.07 Å². The van der Waals surface area contributed by atoms with Gasteiger partial charge in [0.1, 0.15) is 0 Å². The monoisotopic (exact) mass is 322 g/mol. The first-order valence-corrected chi connectivity index (χ1v) is 7.10. The molecule has 100 valence electrons. The van der Waals surface area contributed by atoms with Crippen LogP contribution in [0.15, 0.2) is 47.3 Å². The summed E-state index contributed by atoms with van der Waals surface area (Å²) in [7, 11) is 1.54. The molecule has 0 aliphatic rings. The number of methoxy groups -OCH3 is 1. The fraction of sp³-hybridized carbons (Fsp3) is 0.286. The molecule has 0 amide bonds. The summed E-state index contributed by atoms with van der Waals surface area (Å²) in [6.45, 7) is 0.519. The van der Waals surface area contributed by atoms with Crippen LogP contribution in [0.3, 0.4) is 0 Å². The van der Waals surface area contributed by atoms with Gasteiger partial charge in [0.2, 0.25) is 5.88 Å². The highest BCUT2D eigenvalue weighted by Gasteiger charge is 2.12. The number of nitrogens with zero attached hydrogens (tertiary/aromatic N) is 2. The van der Waals surface area contributed by atoms with E-state index >= 15 is 0 Å². The van der Waals surface area contributed by atoms with Crippen molar-refractivity contribution in [3.05, 3.63) is 58.4 Å². The van der Waals surface area contributed by atoms with Crippen LogP contribution < -0.4 is 10.3 Å². The van der Waals surface area contributed by atoms with Gasteiger partial charge in [0.25, 0.3) is 5.56 Å². The van der Waals surface area contributed by atoms with Gasteiger partial charge >= 0.3 is 0 Å². The lowest BCUT2D eigenvalue weighted by Gasteiger charge is -2.15. The summed E-state index contributed by atoms with van der Waals surface area (Å²) < 4.78 is 6.49. The Labute approximate surface area is 120 Å². The van der Waals surface area contributed by atoms with Crippen molar-refractivity contribution in [3.8, 4) is 5.88 Å². The van der Waals surface area contributed by atoms with Crippen molar-refractivity contribution in [2.24, 2.45) is 0 Å². The molecule has 1 aromatic heterocycles. The molecule has 0 aliphatic carbocycles. The van der Waals surface area contributed by atoms with Crippen LogP contribution in [-0.4, -0.2) is 22.2 Å². The molecule has 0 N–H and O–H groups in total. The highest BCUT2D eigenvalue weighted by Crippen LogP contribution is 2.19. The average molecular weight is 323 g/mol. The number of ether oxygens (including phenoxy) is 1. The van der Waals surface area contributed by atoms with Gasteiger partial charge in [-0.15, -0.1) is 5.10 Å². The number of alkyl halides is 1. The molecule has 1 atom stereocenters. The molecule has 1 unspecified atom stereocenters. The first-order valence-electron chi connectivity index (χ1n) is 5.97. The van der Waals surface area contributed by atoms with Gasteiger partial charge in [0.05, 0.1) is 13.7 Å². The zero-order chi connectivity index (χ0) is 13.7. The number of aromatic nitrogens is 2. The molecule has 0 fully saturated rings. The fourth-order valence-electron chi connectivity index (χ4n) is 1.85. The fourth-order valence-corrected chi connectivity index (χ4v) is 2.43. The molecule has 5 heteroatoms. The maximum atomic E-state index is 11.8. The van der Waals surface area contributed by atoms with Crippen molar-refractivity contribution in [2.45, 2.75) is 12.5 Å². The number of rotatable bonds is 5. The highest BCUT2D eigenvalue weighted by atomic mass is 79.9. The van der Waals surface area contributed by atoms with Gasteiger partial charge in [-0.25, -0.2) is 4.68 Å². The van der Waals surface area contributed by atoms with Gasteiger partial charge < -0.3 is 4.74 Å². The smallest absolute Gasteiger partial charge is 0.266 e. The molecule has 19 heavy (non-hydrogen) atoms. The van der Waals surface area contributed by atoms with E-state index in [4.69, 9.17) is 4.74 Å². The van der Waals surface area contributed by atoms with Crippen molar-refractivity contribution in [1.29, 1.82) is 0 Å². The Hall–Kier alpha value is -1.62. The van der Waals surface area contributed by atoms with E-state index in [-0.39, 0.29) is 11.5 Å². The van der Waals surface area contributed by atoms with Crippen LogP contribution in [0.4, 0.5) is 0 Å². The molecular formula is C14H15BrN2O2. The summed E-state index contributed by atoms with van der Waals surface area (Å²) >= 11 is 3.50. The van der Waals surface area contributed by atoms with E-state index in [1.165, 1.54) is 23.4 Å². The quantitative estimate of drug-likeness (QED) is 0.794. The van der Waals surface area contributed by atoms with Gasteiger partial charge in [-0.1, -0.05) is 46.3 Å². The molecule has 0 saturated heterocycles. The zero-order valence-corrected chi connectivity index (χ0v) is 12.2. The topological polar surface area (TPSA) is 44.1 Å². The summed E-state index contributed by atoms with van der Waals surface area (Å²) in [5.41, 5.74) is 1.05. The van der Waals surface area contributed by atoms with Crippen molar-refractivity contribution in [2.75, 3.05) is 12.4 Å². The Kier molecular flexibility index (Phi) is 4.74. The normalized spacial score (nSPS) is 12.1. The highest BCUT2D eigenvalue weighted by molar-refractivity contribution is 9.09. The maximum absolute atomic E-state index is 11.8. The number of halogens is 1. The second kappa shape index (κ2) is 6.52. The largest absolute Gasteiger partial charge is 0.480 e. The summed E-state index contributed by atoms with van der Waals surface area (Å²) in [6, 6.07) is 13.1. The Balaban J connectivity index is 2.26. The molecule has 0 saturated carbocycles. The molecule has 2 rings (SSSR count). The standard InChI is InChI=1S/C14H15BrN2O2/c1-19-13-7-8-14(18)17(16-13)10-12(9-15)11-5-3-2-4-6-11/h2-8,12H,9-10H2,1H3. The van der Waals surface area contributed by atoms with Crippen LogP contribution in [0.1, 0.15) is 11.5 Å². The minimum atomic E-state index is -0.123. The first kappa shape index (κ1) is 13.8. The summed E-state index contributed by atoms with van der Waals surface area (Å²) in [6.07, 6.45) is 0. The second-order valence-electron chi connectivity index (χ2n) is 4.16. The van der Waals surface area contributed by atoms with Crippen molar-refractivity contribution < 1.29 is 4.74 Å². The Morgan fingerprint density at radius 2 is 2.00 bits per heavy atom. The third kappa shape index (κ3) is 3.44. The van der Waals surface area contributed by atoms with E-state index in [1.807, 2.05) is 18.2 Å². The van der Waals surface area contributed by atoms with E-state index in [2.05, 4.69) is 33.2 Å². The van der Waals surface area contributed by atoms with Gasteiger partial charge in [0, 0.05) is 23.4 Å². The lowest BCUT2D eigenvalue weighted by molar-refractivity contribution is 0.371. The Morgan fingerprint density at radius 1 is 1.26 bits per heavy atom. The molecule has 0 bridgehead atoms. The van der Waals surface area contributed by atoms with E-state index < -0.39 is 0 Å². The van der Waals surface area contributed by atoms with E-state index in [0.29, 0.717) is 12.4 Å². The van der Waals surface area contributed by atoms with E-state index in [0.717, 1.165) is 5.33 Å². The summed E-state index contributed by atoms with van der Waals surface area (Å²) in [5.74, 6) is 0.638. The first-order chi connectivity index (χ1) is 9.24. The summed E-state index contributed by atoms with van der Waals surface area (Å²) in [4.78, 5) is 11.8. The van der Waals surface area contributed by atoms with Crippen LogP contribution in [0.25, 0.3) is 0 Å². The van der Waals surface area contributed by atoms with Crippen LogP contribution in [0, 0.1) is 0 Å². The molecule has 1 heterocycles. The predicted octanol–water partition coefficient (Wildman–Crippen LogP) is 2.43. The molecular weight excluding hydrogens is 308 g/mol. The van der Waals surface area contributed by atoms with E-state index in [9.17, 15) is 4.79 Å². The third-order valence-electron chi connectivity index (χ3n) is 2.90. The van der Waals surface area contributed by atoms with Gasteiger partial charge in [-0.05, 0) is 5.56 Å². The van der Waals surface area contributed by atoms with Crippen LogP contribution in [0.5, 0.6) is 5.88 Å². The Morgan fingerprint density at radius 3 is 2.63 bits per heavy atom. The second-order valence-corrected chi connectivity index (χ2v) is 4.81. The lowest BCUT2D eigenvalue weighted by atomic mass is 10.0. The zero-order valence-electron chi connectivity index (χ0n) is 10.6. The predicted molar refractivity (Wildman–Crippen MR) is 78.0 cm³/mol. The Bertz CT molecular complexity index is 583. The molecule has 2 aromatic rings. The summed E-state index contributed by atoms with van der Waals surface area (Å²) in [5, 5.41) is 4.93. The minimum absolute atomic E-state index is 0.123. The van der Waals surface area contributed by atoms with Crippen molar-refractivity contribution in [3.63, 3.8) is 0 Å². The molecule has 0 spiro atoms. The van der Waals surface area contributed by atoms with Gasteiger partial charge in [-0.3, -0.25) is 4.79 Å². The van der Waals surface area contributed by atoms with Crippen LogP contribution >= 0.6 is 15.9 Å². The SMILES string of the molecule is COc1ccc(=O)n(CC(CBr)c2ccccc2)n1.